The normalized spacial score (nSPS) is 11.5. The lowest BCUT2D eigenvalue weighted by atomic mass is 10.3. The molecule has 0 N–H and O–H groups in total. The molecule has 0 spiro atoms. The fourth-order valence-electron chi connectivity index (χ4n) is 2.13. The molecule has 0 radical (unpaired) electrons. The number of halogens is 3. The lowest BCUT2D eigenvalue weighted by Gasteiger charge is -2.24. The Kier molecular flexibility index (Phi) is 6.96. The van der Waals surface area contributed by atoms with Crippen LogP contribution in [-0.4, -0.2) is 27.0 Å². The van der Waals surface area contributed by atoms with Crippen LogP contribution in [0.25, 0.3) is 0 Å². The minimum atomic E-state index is -4.07. The number of carbonyl (C=O) groups is 1. The van der Waals surface area contributed by atoms with Crippen LogP contribution in [0, 0.1) is 0 Å². The maximum atomic E-state index is 13.1. The van der Waals surface area contributed by atoms with Crippen molar-refractivity contribution in [1.29, 1.82) is 0 Å². The first-order valence-corrected chi connectivity index (χ1v) is 10.5. The van der Waals surface area contributed by atoms with E-state index in [4.69, 9.17) is 27.9 Å². The molecule has 0 amide bonds. The molecule has 0 aliphatic heterocycles. The summed E-state index contributed by atoms with van der Waals surface area (Å²) >= 11 is 15.1. The Morgan fingerprint density at radius 2 is 1.85 bits per heavy atom. The summed E-state index contributed by atoms with van der Waals surface area (Å²) in [6.07, 6.45) is -0.362. The second-order valence-electron chi connectivity index (χ2n) is 5.61. The van der Waals surface area contributed by atoms with Gasteiger partial charge in [-0.05, 0) is 50.2 Å². The van der Waals surface area contributed by atoms with Gasteiger partial charge in [-0.25, -0.2) is 8.42 Å². The summed E-state index contributed by atoms with van der Waals surface area (Å²) in [5, 5.41) is 0.338. The summed E-state index contributed by atoms with van der Waals surface area (Å²) in [4.78, 5) is 12.1. The molecule has 0 unspecified atom stereocenters. The molecule has 2 aromatic rings. The molecular weight excluding hydrogens is 465 g/mol. The quantitative estimate of drug-likeness (QED) is 0.551. The molecule has 0 bridgehead atoms. The van der Waals surface area contributed by atoms with Gasteiger partial charge in [0.2, 0.25) is 0 Å². The third-order valence-corrected chi connectivity index (χ3v) is 6.22. The zero-order valence-corrected chi connectivity index (χ0v) is 17.9. The molecule has 2 rings (SSSR count). The van der Waals surface area contributed by atoms with E-state index in [1.807, 2.05) is 0 Å². The molecule has 0 aliphatic carbocycles. The molecule has 0 aromatic heterocycles. The summed E-state index contributed by atoms with van der Waals surface area (Å²) < 4.78 is 33.0. The lowest BCUT2D eigenvalue weighted by Crippen LogP contribution is -2.37. The van der Waals surface area contributed by atoms with Gasteiger partial charge in [-0.15, -0.1) is 0 Å². The van der Waals surface area contributed by atoms with E-state index in [0.717, 1.165) is 4.31 Å². The summed E-state index contributed by atoms with van der Waals surface area (Å²) in [5.41, 5.74) is 0.311. The van der Waals surface area contributed by atoms with Crippen molar-refractivity contribution in [3.63, 3.8) is 0 Å². The molecule has 0 atom stereocenters. The highest BCUT2D eigenvalue weighted by atomic mass is 79.9. The Hall–Kier alpha value is -1.28. The molecule has 0 aliphatic rings. The van der Waals surface area contributed by atoms with E-state index in [9.17, 15) is 13.2 Å². The van der Waals surface area contributed by atoms with E-state index in [0.29, 0.717) is 10.2 Å². The van der Waals surface area contributed by atoms with Gasteiger partial charge in [0, 0.05) is 4.47 Å². The van der Waals surface area contributed by atoms with Crippen LogP contribution < -0.4 is 4.31 Å². The highest BCUT2D eigenvalue weighted by Gasteiger charge is 2.28. The molecule has 0 saturated carbocycles. The van der Waals surface area contributed by atoms with E-state index in [2.05, 4.69) is 15.9 Å². The fourth-order valence-corrected chi connectivity index (χ4v) is 4.31. The predicted molar refractivity (Wildman–Crippen MR) is 106 cm³/mol. The van der Waals surface area contributed by atoms with E-state index >= 15 is 0 Å². The third-order valence-electron chi connectivity index (χ3n) is 3.22. The van der Waals surface area contributed by atoms with Crippen LogP contribution in [0.1, 0.15) is 13.8 Å². The minimum absolute atomic E-state index is 0.0794. The van der Waals surface area contributed by atoms with Gasteiger partial charge in [0.1, 0.15) is 6.54 Å². The number of ether oxygens (including phenoxy) is 1. The van der Waals surface area contributed by atoms with Crippen molar-refractivity contribution >= 4 is 60.8 Å². The summed E-state index contributed by atoms with van der Waals surface area (Å²) in [6, 6.07) is 10.6. The first-order valence-electron chi connectivity index (χ1n) is 7.54. The third kappa shape index (κ3) is 5.13. The van der Waals surface area contributed by atoms with Crippen molar-refractivity contribution < 1.29 is 17.9 Å². The van der Waals surface area contributed by atoms with Gasteiger partial charge in [0.05, 0.1) is 26.7 Å². The number of sulfonamides is 1. The van der Waals surface area contributed by atoms with Crippen molar-refractivity contribution in [3.05, 3.63) is 57.0 Å². The van der Waals surface area contributed by atoms with Crippen LogP contribution in [0.3, 0.4) is 0 Å². The van der Waals surface area contributed by atoms with Gasteiger partial charge in [-0.3, -0.25) is 9.10 Å². The monoisotopic (exact) mass is 479 g/mol. The summed E-state index contributed by atoms with van der Waals surface area (Å²) in [7, 11) is -4.07. The fraction of sp³-hybridized carbons (Fsp3) is 0.235. The van der Waals surface area contributed by atoms with Crippen LogP contribution in [-0.2, 0) is 19.6 Å². The molecule has 9 heteroatoms. The predicted octanol–water partition coefficient (Wildman–Crippen LogP) is 4.90. The number of hydrogen-bond donors (Lipinski definition) is 0. The van der Waals surface area contributed by atoms with Crippen LogP contribution in [0.5, 0.6) is 0 Å². The summed E-state index contributed by atoms with van der Waals surface area (Å²) in [6.45, 7) is 2.90. The minimum Gasteiger partial charge on any atom is -0.462 e. The maximum absolute atomic E-state index is 13.1. The molecule has 26 heavy (non-hydrogen) atoms. The molecule has 0 fully saturated rings. The first kappa shape index (κ1) is 21.0. The van der Waals surface area contributed by atoms with Gasteiger partial charge in [0.15, 0.2) is 0 Å². The van der Waals surface area contributed by atoms with Crippen LogP contribution in [0.15, 0.2) is 51.8 Å². The van der Waals surface area contributed by atoms with Crippen molar-refractivity contribution in [2.24, 2.45) is 0 Å². The Morgan fingerprint density at radius 1 is 1.15 bits per heavy atom. The Labute approximate surface area is 171 Å². The van der Waals surface area contributed by atoms with E-state index < -0.39 is 22.5 Å². The van der Waals surface area contributed by atoms with Crippen LogP contribution in [0.2, 0.25) is 10.0 Å². The summed E-state index contributed by atoms with van der Waals surface area (Å²) in [5.74, 6) is -0.663. The second kappa shape index (κ2) is 8.61. The van der Waals surface area contributed by atoms with Crippen molar-refractivity contribution in [2.75, 3.05) is 10.8 Å². The average Bonchev–Trinajstić information content (AvgIpc) is 2.54. The molecule has 0 saturated heterocycles. The Balaban J connectivity index is 2.51. The standard InChI is InChI=1S/C17H16BrCl2NO4S/c1-11(2)25-17(22)10-21(13-5-3-4-12(18)8-13)26(23,24)14-6-7-15(19)16(20)9-14/h3-9,11H,10H2,1-2H3. The zero-order valence-electron chi connectivity index (χ0n) is 13.9. The SMILES string of the molecule is CC(C)OC(=O)CN(c1cccc(Br)c1)S(=O)(=O)c1ccc(Cl)c(Cl)c1. The number of rotatable bonds is 6. The van der Waals surface area contributed by atoms with Crippen molar-refractivity contribution in [3.8, 4) is 0 Å². The zero-order chi connectivity index (χ0) is 19.5. The number of carbonyl (C=O) groups excluding carboxylic acids is 1. The molecular formula is C17H16BrCl2NO4S. The molecule has 2 aromatic carbocycles. The first-order chi connectivity index (χ1) is 12.1. The smallest absolute Gasteiger partial charge is 0.327 e. The van der Waals surface area contributed by atoms with Gasteiger partial charge in [-0.2, -0.15) is 0 Å². The van der Waals surface area contributed by atoms with Gasteiger partial charge >= 0.3 is 5.97 Å². The number of benzene rings is 2. The van der Waals surface area contributed by atoms with Crippen LogP contribution in [0.4, 0.5) is 5.69 Å². The highest BCUT2D eigenvalue weighted by molar-refractivity contribution is 9.10. The Bertz CT molecular complexity index is 919. The molecule has 0 heterocycles. The largest absolute Gasteiger partial charge is 0.462 e. The van der Waals surface area contributed by atoms with E-state index in [1.165, 1.54) is 18.2 Å². The van der Waals surface area contributed by atoms with Gasteiger partial charge < -0.3 is 4.74 Å². The van der Waals surface area contributed by atoms with E-state index in [-0.39, 0.29) is 21.0 Å². The van der Waals surface area contributed by atoms with Gasteiger partial charge in [-0.1, -0.05) is 45.2 Å². The number of anilines is 1. The lowest BCUT2D eigenvalue weighted by molar-refractivity contribution is -0.145. The highest BCUT2D eigenvalue weighted by Crippen LogP contribution is 2.30. The van der Waals surface area contributed by atoms with Crippen LogP contribution >= 0.6 is 39.1 Å². The maximum Gasteiger partial charge on any atom is 0.327 e. The topological polar surface area (TPSA) is 63.7 Å². The average molecular weight is 481 g/mol. The molecule has 5 nitrogen and oxygen atoms in total. The van der Waals surface area contributed by atoms with Crippen molar-refractivity contribution in [1.82, 2.24) is 0 Å². The number of nitrogens with zero attached hydrogens (tertiary/aromatic N) is 1. The van der Waals surface area contributed by atoms with Crippen molar-refractivity contribution in [2.45, 2.75) is 24.8 Å². The second-order valence-corrected chi connectivity index (χ2v) is 9.20. The van der Waals surface area contributed by atoms with E-state index in [1.54, 1.807) is 38.1 Å². The number of hydrogen-bond acceptors (Lipinski definition) is 4. The Morgan fingerprint density at radius 3 is 2.42 bits per heavy atom. The number of esters is 1. The molecule has 140 valence electrons. The van der Waals surface area contributed by atoms with Gasteiger partial charge in [0.25, 0.3) is 10.0 Å².